The molecule has 2 aromatic rings. The molecule has 0 amide bonds. The van der Waals surface area contributed by atoms with Gasteiger partial charge in [0.25, 0.3) is 0 Å². The average molecular weight is 220 g/mol. The lowest BCUT2D eigenvalue weighted by Gasteiger charge is -2.16. The van der Waals surface area contributed by atoms with E-state index in [0.29, 0.717) is 5.56 Å². The van der Waals surface area contributed by atoms with Crippen molar-refractivity contribution in [3.05, 3.63) is 41.7 Å². The van der Waals surface area contributed by atoms with Crippen LogP contribution in [0.25, 0.3) is 0 Å². The molecule has 0 spiro atoms. The van der Waals surface area contributed by atoms with E-state index in [1.165, 1.54) is 4.68 Å². The molecule has 0 aliphatic heterocycles. The van der Waals surface area contributed by atoms with Gasteiger partial charge in [0.1, 0.15) is 12.2 Å². The van der Waals surface area contributed by atoms with E-state index in [2.05, 4.69) is 15.5 Å². The first-order chi connectivity index (χ1) is 7.70. The summed E-state index contributed by atoms with van der Waals surface area (Å²) in [5, 5.41) is 30.5. The van der Waals surface area contributed by atoms with Crippen LogP contribution in [0.15, 0.2) is 30.3 Å². The van der Waals surface area contributed by atoms with E-state index in [0.717, 1.165) is 0 Å². The fraction of sp³-hybridized carbons (Fsp3) is 0.300. The number of hydrogen-bond donors (Lipinski definition) is 2. The van der Waals surface area contributed by atoms with Crippen molar-refractivity contribution in [2.75, 3.05) is 0 Å². The molecule has 16 heavy (non-hydrogen) atoms. The summed E-state index contributed by atoms with van der Waals surface area (Å²) in [4.78, 5) is 0. The van der Waals surface area contributed by atoms with Crippen LogP contribution in [-0.2, 0) is 7.05 Å². The van der Waals surface area contributed by atoms with Gasteiger partial charge in [0, 0.05) is 7.05 Å². The highest BCUT2D eigenvalue weighted by Crippen LogP contribution is 2.26. The summed E-state index contributed by atoms with van der Waals surface area (Å²) in [5.74, 6) is 0.233. The van der Waals surface area contributed by atoms with E-state index in [1.807, 2.05) is 6.07 Å². The summed E-state index contributed by atoms with van der Waals surface area (Å²) in [6.07, 6.45) is -2.17. The van der Waals surface area contributed by atoms with Crippen LogP contribution >= 0.6 is 0 Å². The monoisotopic (exact) mass is 220 g/mol. The molecule has 1 heterocycles. The molecular weight excluding hydrogens is 208 g/mol. The summed E-state index contributed by atoms with van der Waals surface area (Å²) in [5.41, 5.74) is 0.623. The van der Waals surface area contributed by atoms with Crippen LogP contribution in [-0.4, -0.2) is 30.4 Å². The molecule has 84 valence electrons. The first-order valence-electron chi connectivity index (χ1n) is 4.83. The van der Waals surface area contributed by atoms with Crippen molar-refractivity contribution in [3.63, 3.8) is 0 Å². The fourth-order valence-corrected chi connectivity index (χ4v) is 1.46. The van der Waals surface area contributed by atoms with Gasteiger partial charge in [0.15, 0.2) is 5.82 Å². The Labute approximate surface area is 92.2 Å². The zero-order valence-corrected chi connectivity index (χ0v) is 8.72. The van der Waals surface area contributed by atoms with E-state index < -0.39 is 12.2 Å². The molecule has 0 bridgehead atoms. The molecule has 6 heteroatoms. The minimum absolute atomic E-state index is 0.233. The predicted molar refractivity (Wildman–Crippen MR) is 55.2 cm³/mol. The van der Waals surface area contributed by atoms with Gasteiger partial charge >= 0.3 is 0 Å². The molecule has 2 atom stereocenters. The third-order valence-corrected chi connectivity index (χ3v) is 2.36. The van der Waals surface area contributed by atoms with Gasteiger partial charge in [-0.25, -0.2) is 4.68 Å². The maximum Gasteiger partial charge on any atom is 0.182 e. The second-order valence-corrected chi connectivity index (χ2v) is 3.46. The Hall–Kier alpha value is -1.79. The van der Waals surface area contributed by atoms with E-state index in [4.69, 9.17) is 0 Å². The second kappa shape index (κ2) is 4.38. The van der Waals surface area contributed by atoms with Gasteiger partial charge in [-0.15, -0.1) is 5.10 Å². The van der Waals surface area contributed by atoms with Crippen LogP contribution in [0.4, 0.5) is 0 Å². The number of nitrogens with zero attached hydrogens (tertiary/aromatic N) is 4. The summed E-state index contributed by atoms with van der Waals surface area (Å²) in [7, 11) is 1.61. The molecule has 0 fully saturated rings. The van der Waals surface area contributed by atoms with Gasteiger partial charge in [-0.05, 0) is 16.0 Å². The number of tetrazole rings is 1. The van der Waals surface area contributed by atoms with Crippen molar-refractivity contribution in [2.24, 2.45) is 7.05 Å². The molecule has 0 unspecified atom stereocenters. The third-order valence-electron chi connectivity index (χ3n) is 2.36. The molecule has 0 aliphatic carbocycles. The molecule has 1 aromatic heterocycles. The van der Waals surface area contributed by atoms with Gasteiger partial charge < -0.3 is 10.2 Å². The zero-order valence-electron chi connectivity index (χ0n) is 8.72. The van der Waals surface area contributed by atoms with Crippen molar-refractivity contribution in [3.8, 4) is 0 Å². The van der Waals surface area contributed by atoms with Crippen LogP contribution in [0.2, 0.25) is 0 Å². The highest BCUT2D eigenvalue weighted by Gasteiger charge is 2.24. The minimum atomic E-state index is -1.14. The zero-order chi connectivity index (χ0) is 11.5. The number of aryl methyl sites for hydroxylation is 1. The van der Waals surface area contributed by atoms with Crippen LogP contribution < -0.4 is 0 Å². The van der Waals surface area contributed by atoms with Crippen molar-refractivity contribution in [1.29, 1.82) is 0 Å². The standard InChI is InChI=1S/C10H12N4O2/c1-14-10(11-12-13-14)9(16)8(15)7-5-3-2-4-6-7/h2-6,8-9,15-16H,1H3/t8-,9+/m1/s1. The number of aliphatic hydroxyl groups excluding tert-OH is 2. The highest BCUT2D eigenvalue weighted by molar-refractivity contribution is 5.19. The smallest absolute Gasteiger partial charge is 0.182 e. The van der Waals surface area contributed by atoms with E-state index >= 15 is 0 Å². The average Bonchev–Trinajstić information content (AvgIpc) is 2.75. The van der Waals surface area contributed by atoms with Crippen molar-refractivity contribution >= 4 is 0 Å². The van der Waals surface area contributed by atoms with Crippen LogP contribution in [0, 0.1) is 0 Å². The lowest BCUT2D eigenvalue weighted by molar-refractivity contribution is 0.00951. The number of aliphatic hydroxyl groups is 2. The SMILES string of the molecule is Cn1nnnc1[C@@H](O)[C@H](O)c1ccccc1. The van der Waals surface area contributed by atoms with Crippen molar-refractivity contribution < 1.29 is 10.2 Å². The lowest BCUT2D eigenvalue weighted by Crippen LogP contribution is -2.15. The van der Waals surface area contributed by atoms with Crippen LogP contribution in [0.1, 0.15) is 23.6 Å². The number of benzene rings is 1. The van der Waals surface area contributed by atoms with Crippen LogP contribution in [0.5, 0.6) is 0 Å². The molecule has 2 rings (SSSR count). The Bertz CT molecular complexity index is 457. The molecule has 0 saturated carbocycles. The lowest BCUT2D eigenvalue weighted by atomic mass is 10.0. The first-order valence-corrected chi connectivity index (χ1v) is 4.83. The molecule has 2 N–H and O–H groups in total. The normalized spacial score (nSPS) is 14.7. The van der Waals surface area contributed by atoms with Gasteiger partial charge in [0.2, 0.25) is 0 Å². The van der Waals surface area contributed by atoms with E-state index in [9.17, 15) is 10.2 Å². The summed E-state index contributed by atoms with van der Waals surface area (Å²) >= 11 is 0. The summed E-state index contributed by atoms with van der Waals surface area (Å²) in [6, 6.07) is 8.89. The second-order valence-electron chi connectivity index (χ2n) is 3.46. The maximum absolute atomic E-state index is 9.93. The number of rotatable bonds is 3. The largest absolute Gasteiger partial charge is 0.385 e. The van der Waals surface area contributed by atoms with Gasteiger partial charge in [-0.1, -0.05) is 30.3 Å². The predicted octanol–water partition coefficient (Wildman–Crippen LogP) is -0.0229. The molecular formula is C10H12N4O2. The van der Waals surface area contributed by atoms with E-state index in [1.54, 1.807) is 31.3 Å². The number of hydrogen-bond acceptors (Lipinski definition) is 5. The van der Waals surface area contributed by atoms with Crippen molar-refractivity contribution in [2.45, 2.75) is 12.2 Å². The molecule has 0 saturated heterocycles. The highest BCUT2D eigenvalue weighted by atomic mass is 16.3. The van der Waals surface area contributed by atoms with E-state index in [-0.39, 0.29) is 5.82 Å². The quantitative estimate of drug-likeness (QED) is 0.759. The van der Waals surface area contributed by atoms with Gasteiger partial charge in [-0.3, -0.25) is 0 Å². The minimum Gasteiger partial charge on any atom is -0.385 e. The Morgan fingerprint density at radius 2 is 1.81 bits per heavy atom. The molecule has 0 aliphatic rings. The Morgan fingerprint density at radius 1 is 1.12 bits per heavy atom. The van der Waals surface area contributed by atoms with Crippen LogP contribution in [0.3, 0.4) is 0 Å². The maximum atomic E-state index is 9.93. The molecule has 1 aromatic carbocycles. The Morgan fingerprint density at radius 3 is 2.38 bits per heavy atom. The number of aromatic nitrogens is 4. The Kier molecular flexibility index (Phi) is 2.93. The van der Waals surface area contributed by atoms with Gasteiger partial charge in [0.05, 0.1) is 0 Å². The first kappa shape index (κ1) is 10.7. The summed E-state index contributed by atoms with van der Waals surface area (Å²) < 4.78 is 1.33. The molecule has 6 nitrogen and oxygen atoms in total. The molecule has 0 radical (unpaired) electrons. The van der Waals surface area contributed by atoms with Crippen molar-refractivity contribution in [1.82, 2.24) is 20.2 Å². The summed E-state index contributed by atoms with van der Waals surface area (Å²) in [6.45, 7) is 0. The van der Waals surface area contributed by atoms with Gasteiger partial charge in [-0.2, -0.15) is 0 Å². The third kappa shape index (κ3) is 1.93. The Balaban J connectivity index is 2.23. The fourth-order valence-electron chi connectivity index (χ4n) is 1.46. The topological polar surface area (TPSA) is 84.1 Å².